The van der Waals surface area contributed by atoms with Crippen LogP contribution in [-0.2, 0) is 4.74 Å². The molecule has 1 aromatic heterocycles. The molecular formula is C16H20N2O3. The summed E-state index contributed by atoms with van der Waals surface area (Å²) in [6, 6.07) is 1.74. The van der Waals surface area contributed by atoms with Crippen LogP contribution in [0.2, 0.25) is 0 Å². The molecule has 0 saturated carbocycles. The van der Waals surface area contributed by atoms with E-state index in [0.29, 0.717) is 37.3 Å². The van der Waals surface area contributed by atoms with E-state index in [4.69, 9.17) is 9.84 Å². The van der Waals surface area contributed by atoms with Crippen molar-refractivity contribution >= 4 is 5.91 Å². The third kappa shape index (κ3) is 3.81. The number of aromatic nitrogens is 1. The van der Waals surface area contributed by atoms with Crippen molar-refractivity contribution in [1.29, 1.82) is 0 Å². The molecule has 0 radical (unpaired) electrons. The molecule has 5 nitrogen and oxygen atoms in total. The smallest absolute Gasteiger partial charge is 0.256 e. The third-order valence-corrected chi connectivity index (χ3v) is 3.35. The molecule has 1 N–H and O–H groups in total. The van der Waals surface area contributed by atoms with Gasteiger partial charge in [-0.05, 0) is 19.9 Å². The maximum Gasteiger partial charge on any atom is 0.256 e. The van der Waals surface area contributed by atoms with Gasteiger partial charge in [-0.1, -0.05) is 11.8 Å². The minimum Gasteiger partial charge on any atom is -0.395 e. The maximum atomic E-state index is 12.6. The number of aliphatic hydroxyl groups excluding tert-OH is 1. The Balaban J connectivity index is 2.20. The first-order chi connectivity index (χ1) is 10.0. The molecule has 0 aromatic carbocycles. The highest BCUT2D eigenvalue weighted by molar-refractivity contribution is 5.94. The normalized spacial score (nSPS) is 17.0. The summed E-state index contributed by atoms with van der Waals surface area (Å²) < 4.78 is 5.43. The minimum atomic E-state index is -0.325. The van der Waals surface area contributed by atoms with Crippen molar-refractivity contribution in [2.24, 2.45) is 0 Å². The lowest BCUT2D eigenvalue weighted by Gasteiger charge is -2.42. The number of pyridine rings is 1. The lowest BCUT2D eigenvalue weighted by Crippen LogP contribution is -2.55. The fraction of sp³-hybridized carbons (Fsp3) is 0.500. The molecule has 0 unspecified atom stereocenters. The Labute approximate surface area is 124 Å². The molecule has 112 valence electrons. The van der Waals surface area contributed by atoms with Gasteiger partial charge in [-0.15, -0.1) is 0 Å². The Bertz CT molecular complexity index is 572. The lowest BCUT2D eigenvalue weighted by molar-refractivity contribution is -0.0370. The summed E-state index contributed by atoms with van der Waals surface area (Å²) in [4.78, 5) is 18.5. The predicted molar refractivity (Wildman–Crippen MR) is 78.8 cm³/mol. The number of hydrogen-bond donors (Lipinski definition) is 1. The van der Waals surface area contributed by atoms with Gasteiger partial charge >= 0.3 is 0 Å². The van der Waals surface area contributed by atoms with Gasteiger partial charge < -0.3 is 14.7 Å². The largest absolute Gasteiger partial charge is 0.395 e. The molecule has 21 heavy (non-hydrogen) atoms. The van der Waals surface area contributed by atoms with Crippen LogP contribution in [0.25, 0.3) is 0 Å². The van der Waals surface area contributed by atoms with Crippen molar-refractivity contribution in [2.75, 3.05) is 26.4 Å². The van der Waals surface area contributed by atoms with Crippen molar-refractivity contribution in [3.8, 4) is 11.8 Å². The number of carbonyl (C=O) groups is 1. The first kappa shape index (κ1) is 15.5. The van der Waals surface area contributed by atoms with Gasteiger partial charge in [-0.3, -0.25) is 9.78 Å². The molecule has 1 fully saturated rings. The van der Waals surface area contributed by atoms with E-state index in [2.05, 4.69) is 16.8 Å². The van der Waals surface area contributed by atoms with Crippen LogP contribution in [-0.4, -0.2) is 52.8 Å². The van der Waals surface area contributed by atoms with Crippen LogP contribution in [0.5, 0.6) is 0 Å². The third-order valence-electron chi connectivity index (χ3n) is 3.35. The summed E-state index contributed by atoms with van der Waals surface area (Å²) in [5.41, 5.74) is 0.884. The Morgan fingerprint density at radius 2 is 2.33 bits per heavy atom. The molecular weight excluding hydrogens is 268 g/mol. The second kappa shape index (κ2) is 6.70. The monoisotopic (exact) mass is 288 g/mol. The van der Waals surface area contributed by atoms with Gasteiger partial charge in [0.2, 0.25) is 0 Å². The molecule has 0 bridgehead atoms. The molecule has 1 aliphatic heterocycles. The number of nitrogens with zero attached hydrogens (tertiary/aromatic N) is 2. The van der Waals surface area contributed by atoms with E-state index in [9.17, 15) is 4.79 Å². The first-order valence-electron chi connectivity index (χ1n) is 6.99. The quantitative estimate of drug-likeness (QED) is 0.827. The number of rotatable bonds is 2. The number of morpholine rings is 1. The molecule has 0 atom stereocenters. The Hall–Kier alpha value is -1.90. The van der Waals surface area contributed by atoms with Gasteiger partial charge in [0.1, 0.15) is 0 Å². The molecule has 0 spiro atoms. The minimum absolute atomic E-state index is 0.0288. The number of hydrogen-bond acceptors (Lipinski definition) is 4. The van der Waals surface area contributed by atoms with Gasteiger partial charge in [0.25, 0.3) is 5.91 Å². The van der Waals surface area contributed by atoms with Crippen LogP contribution in [0, 0.1) is 11.8 Å². The van der Waals surface area contributed by atoms with E-state index in [0.717, 1.165) is 0 Å². The van der Waals surface area contributed by atoms with Crippen molar-refractivity contribution in [1.82, 2.24) is 9.88 Å². The van der Waals surface area contributed by atoms with Crippen molar-refractivity contribution in [2.45, 2.75) is 25.8 Å². The summed E-state index contributed by atoms with van der Waals surface area (Å²) in [5, 5.41) is 8.72. The fourth-order valence-corrected chi connectivity index (χ4v) is 2.24. The molecule has 1 aromatic rings. The van der Waals surface area contributed by atoms with Crippen molar-refractivity contribution < 1.29 is 14.6 Å². The highest BCUT2D eigenvalue weighted by Crippen LogP contribution is 2.21. The van der Waals surface area contributed by atoms with Crippen LogP contribution in [0.4, 0.5) is 0 Å². The van der Waals surface area contributed by atoms with Gasteiger partial charge in [0.15, 0.2) is 0 Å². The average molecular weight is 288 g/mol. The number of amides is 1. The van der Waals surface area contributed by atoms with Crippen LogP contribution >= 0.6 is 0 Å². The zero-order valence-corrected chi connectivity index (χ0v) is 12.4. The first-order valence-corrected chi connectivity index (χ1v) is 6.99. The van der Waals surface area contributed by atoms with E-state index in [1.54, 1.807) is 18.5 Å². The molecule has 2 rings (SSSR count). The summed E-state index contributed by atoms with van der Waals surface area (Å²) in [6.07, 6.45) is 3.59. The van der Waals surface area contributed by atoms with E-state index in [1.165, 1.54) is 0 Å². The van der Waals surface area contributed by atoms with Gasteiger partial charge in [-0.2, -0.15) is 0 Å². The van der Waals surface area contributed by atoms with Gasteiger partial charge in [0, 0.05) is 30.9 Å². The predicted octanol–water partition coefficient (Wildman–Crippen LogP) is 1.07. The van der Waals surface area contributed by atoms with Crippen LogP contribution in [0.1, 0.15) is 36.2 Å². The van der Waals surface area contributed by atoms with E-state index in [-0.39, 0.29) is 18.1 Å². The Kier molecular flexibility index (Phi) is 4.94. The van der Waals surface area contributed by atoms with E-state index < -0.39 is 0 Å². The van der Waals surface area contributed by atoms with Gasteiger partial charge in [-0.25, -0.2) is 0 Å². The summed E-state index contributed by atoms with van der Waals surface area (Å²) in [5.74, 6) is 5.67. The fourth-order valence-electron chi connectivity index (χ4n) is 2.24. The van der Waals surface area contributed by atoms with Crippen LogP contribution < -0.4 is 0 Å². The van der Waals surface area contributed by atoms with Crippen LogP contribution in [0.3, 0.4) is 0 Å². The zero-order chi connectivity index (χ0) is 15.3. The maximum absolute atomic E-state index is 12.6. The second-order valence-corrected chi connectivity index (χ2v) is 5.56. The van der Waals surface area contributed by atoms with Gasteiger partial charge in [0.05, 0.1) is 30.9 Å². The summed E-state index contributed by atoms with van der Waals surface area (Å²) in [6.45, 7) is 5.67. The lowest BCUT2D eigenvalue weighted by atomic mass is 10.0. The number of aliphatic hydroxyl groups is 1. The number of ether oxygens (including phenoxy) is 1. The Morgan fingerprint density at radius 3 is 3.05 bits per heavy atom. The van der Waals surface area contributed by atoms with E-state index in [1.807, 2.05) is 18.7 Å². The van der Waals surface area contributed by atoms with Crippen LogP contribution in [0.15, 0.2) is 18.5 Å². The standard InChI is InChI=1S/C16H20N2O3/c1-16(2)12-21-8-6-18(16)15(20)14-9-13(10-17-11-14)5-3-4-7-19/h9-11,19H,4,6-8,12H2,1-2H3. The Morgan fingerprint density at radius 1 is 1.52 bits per heavy atom. The summed E-state index contributed by atoms with van der Waals surface area (Å²) in [7, 11) is 0. The molecule has 1 saturated heterocycles. The van der Waals surface area contributed by atoms with Crippen molar-refractivity contribution in [3.05, 3.63) is 29.6 Å². The zero-order valence-electron chi connectivity index (χ0n) is 12.4. The SMILES string of the molecule is CC1(C)COCCN1C(=O)c1cncc(C#CCCO)c1. The second-order valence-electron chi connectivity index (χ2n) is 5.56. The molecule has 5 heteroatoms. The number of carbonyl (C=O) groups excluding carboxylic acids is 1. The van der Waals surface area contributed by atoms with Crippen molar-refractivity contribution in [3.63, 3.8) is 0 Å². The highest BCUT2D eigenvalue weighted by atomic mass is 16.5. The van der Waals surface area contributed by atoms with E-state index >= 15 is 0 Å². The molecule has 0 aliphatic carbocycles. The highest BCUT2D eigenvalue weighted by Gasteiger charge is 2.34. The molecule has 1 amide bonds. The molecule has 1 aliphatic rings. The average Bonchev–Trinajstić information content (AvgIpc) is 2.47. The summed E-state index contributed by atoms with van der Waals surface area (Å²) >= 11 is 0. The topological polar surface area (TPSA) is 62.7 Å². The molecule has 2 heterocycles.